The molecule has 0 saturated carbocycles. The largest absolute Gasteiger partial charge is 0.454 e. The van der Waals surface area contributed by atoms with Crippen molar-refractivity contribution in [2.24, 2.45) is 4.99 Å². The summed E-state index contributed by atoms with van der Waals surface area (Å²) in [6.07, 6.45) is 0. The Labute approximate surface area is 155 Å². The minimum absolute atomic E-state index is 0. The van der Waals surface area contributed by atoms with Gasteiger partial charge in [0, 0.05) is 19.6 Å². The van der Waals surface area contributed by atoms with Gasteiger partial charge >= 0.3 is 0 Å². The molecule has 0 aromatic heterocycles. The Morgan fingerprint density at radius 2 is 2.00 bits per heavy atom. The molecule has 1 aliphatic rings. The molecule has 0 unspecified atom stereocenters. The molecule has 0 saturated heterocycles. The molecule has 6 nitrogen and oxygen atoms in total. The van der Waals surface area contributed by atoms with Crippen molar-refractivity contribution in [1.82, 2.24) is 15.5 Å². The minimum atomic E-state index is 0. The number of fused-ring (bicyclic) bond motifs is 1. The van der Waals surface area contributed by atoms with Crippen LogP contribution in [0.1, 0.15) is 19.4 Å². The van der Waals surface area contributed by atoms with Gasteiger partial charge in [0.1, 0.15) is 0 Å². The predicted octanol–water partition coefficient (Wildman–Crippen LogP) is 2.04. The van der Waals surface area contributed by atoms with Gasteiger partial charge in [0.15, 0.2) is 17.5 Å². The molecule has 0 radical (unpaired) electrons. The van der Waals surface area contributed by atoms with Crippen molar-refractivity contribution in [1.29, 1.82) is 0 Å². The Morgan fingerprint density at radius 3 is 2.74 bits per heavy atom. The summed E-state index contributed by atoms with van der Waals surface area (Å²) < 4.78 is 10.7. The topological polar surface area (TPSA) is 58.1 Å². The highest BCUT2D eigenvalue weighted by atomic mass is 127. The van der Waals surface area contributed by atoms with Gasteiger partial charge in [-0.1, -0.05) is 13.0 Å². The zero-order chi connectivity index (χ0) is 15.8. The highest BCUT2D eigenvalue weighted by Crippen LogP contribution is 2.32. The van der Waals surface area contributed by atoms with Crippen molar-refractivity contribution < 1.29 is 9.47 Å². The number of nitrogens with zero attached hydrogens (tertiary/aromatic N) is 2. The second-order valence-corrected chi connectivity index (χ2v) is 5.21. The zero-order valence-corrected chi connectivity index (χ0v) is 16.4. The molecule has 1 aromatic carbocycles. The van der Waals surface area contributed by atoms with Gasteiger partial charge in [-0.25, -0.2) is 4.99 Å². The molecule has 0 fully saturated rings. The van der Waals surface area contributed by atoms with E-state index in [2.05, 4.69) is 41.4 Å². The first-order valence-electron chi connectivity index (χ1n) is 7.82. The second kappa shape index (κ2) is 10.5. The number of likely N-dealkylation sites (N-methyl/N-ethyl adjacent to an activating group) is 1. The lowest BCUT2D eigenvalue weighted by atomic mass is 10.2. The van der Waals surface area contributed by atoms with Crippen molar-refractivity contribution in [3.63, 3.8) is 0 Å². The van der Waals surface area contributed by atoms with Gasteiger partial charge in [-0.3, -0.25) is 0 Å². The standard InChI is InChI=1S/C16H26N4O2.HI/c1-4-17-16(18-8-9-20(3)5-2)19-11-13-6-7-14-15(10-13)22-12-21-14;/h6-7,10H,4-5,8-9,11-12H2,1-3H3,(H2,17,18,19);1H. The normalized spacial score (nSPS) is 13.0. The summed E-state index contributed by atoms with van der Waals surface area (Å²) in [5.74, 6) is 2.44. The third-order valence-electron chi connectivity index (χ3n) is 3.53. The number of hydrogen-bond donors (Lipinski definition) is 2. The van der Waals surface area contributed by atoms with E-state index in [1.807, 2.05) is 18.2 Å². The van der Waals surface area contributed by atoms with E-state index in [0.717, 1.165) is 49.2 Å². The molecule has 0 bridgehead atoms. The summed E-state index contributed by atoms with van der Waals surface area (Å²) in [7, 11) is 2.11. The SMILES string of the molecule is CCNC(=NCc1ccc2c(c1)OCO2)NCCN(C)CC.I. The summed E-state index contributed by atoms with van der Waals surface area (Å²) in [4.78, 5) is 6.87. The number of halogens is 1. The number of aliphatic imine (C=N–C) groups is 1. The Hall–Kier alpha value is -1.22. The fourth-order valence-electron chi connectivity index (χ4n) is 2.07. The zero-order valence-electron chi connectivity index (χ0n) is 14.1. The minimum Gasteiger partial charge on any atom is -0.454 e. The quantitative estimate of drug-likeness (QED) is 0.391. The lowest BCUT2D eigenvalue weighted by molar-refractivity contribution is 0.174. The van der Waals surface area contributed by atoms with Crippen LogP contribution in [-0.2, 0) is 6.54 Å². The van der Waals surface area contributed by atoms with Crippen molar-refractivity contribution in [2.75, 3.05) is 40.0 Å². The van der Waals surface area contributed by atoms with Crippen LogP contribution in [-0.4, -0.2) is 50.9 Å². The molecule has 1 aromatic rings. The van der Waals surface area contributed by atoms with Crippen LogP contribution in [0.5, 0.6) is 11.5 Å². The molecule has 23 heavy (non-hydrogen) atoms. The fraction of sp³-hybridized carbons (Fsp3) is 0.562. The Balaban J connectivity index is 0.00000264. The Kier molecular flexibility index (Phi) is 9.08. The number of guanidine groups is 1. The van der Waals surface area contributed by atoms with Crippen LogP contribution in [0.15, 0.2) is 23.2 Å². The van der Waals surface area contributed by atoms with Crippen LogP contribution < -0.4 is 20.1 Å². The summed E-state index contributed by atoms with van der Waals surface area (Å²) in [6.45, 7) is 8.88. The molecule has 0 aliphatic carbocycles. The van der Waals surface area contributed by atoms with Gasteiger partial charge in [0.25, 0.3) is 0 Å². The smallest absolute Gasteiger partial charge is 0.231 e. The summed E-state index contributed by atoms with van der Waals surface area (Å²) in [5, 5.41) is 6.61. The lowest BCUT2D eigenvalue weighted by Gasteiger charge is -2.16. The number of hydrogen-bond acceptors (Lipinski definition) is 4. The first-order valence-corrected chi connectivity index (χ1v) is 7.82. The van der Waals surface area contributed by atoms with Gasteiger partial charge in [-0.2, -0.15) is 0 Å². The molecule has 2 N–H and O–H groups in total. The van der Waals surface area contributed by atoms with E-state index < -0.39 is 0 Å². The van der Waals surface area contributed by atoms with Crippen molar-refractivity contribution >= 4 is 29.9 Å². The van der Waals surface area contributed by atoms with Crippen LogP contribution in [0.3, 0.4) is 0 Å². The monoisotopic (exact) mass is 434 g/mol. The third kappa shape index (κ3) is 6.42. The first kappa shape index (κ1) is 19.8. The van der Waals surface area contributed by atoms with E-state index in [1.54, 1.807) is 0 Å². The average molecular weight is 434 g/mol. The van der Waals surface area contributed by atoms with Gasteiger partial charge in [0.2, 0.25) is 6.79 Å². The van der Waals surface area contributed by atoms with Gasteiger partial charge < -0.3 is 25.0 Å². The maximum absolute atomic E-state index is 5.39. The molecule has 0 spiro atoms. The third-order valence-corrected chi connectivity index (χ3v) is 3.53. The van der Waals surface area contributed by atoms with Crippen molar-refractivity contribution in [2.45, 2.75) is 20.4 Å². The average Bonchev–Trinajstić information content (AvgIpc) is 3.00. The predicted molar refractivity (Wildman–Crippen MR) is 104 cm³/mol. The van der Waals surface area contributed by atoms with Crippen molar-refractivity contribution in [3.05, 3.63) is 23.8 Å². The number of ether oxygens (including phenoxy) is 2. The summed E-state index contributed by atoms with van der Waals surface area (Å²) >= 11 is 0. The number of rotatable bonds is 7. The van der Waals surface area contributed by atoms with E-state index in [1.165, 1.54) is 0 Å². The number of nitrogens with one attached hydrogen (secondary N) is 2. The van der Waals surface area contributed by atoms with Crippen LogP contribution in [0.2, 0.25) is 0 Å². The molecule has 0 amide bonds. The summed E-state index contributed by atoms with van der Waals surface area (Å²) in [5.41, 5.74) is 1.10. The fourth-order valence-corrected chi connectivity index (χ4v) is 2.07. The summed E-state index contributed by atoms with van der Waals surface area (Å²) in [6, 6.07) is 5.94. The van der Waals surface area contributed by atoms with E-state index >= 15 is 0 Å². The van der Waals surface area contributed by atoms with E-state index in [9.17, 15) is 0 Å². The molecular weight excluding hydrogens is 407 g/mol. The van der Waals surface area contributed by atoms with E-state index in [-0.39, 0.29) is 24.0 Å². The van der Waals surface area contributed by atoms with E-state index in [4.69, 9.17) is 9.47 Å². The molecule has 130 valence electrons. The molecule has 1 heterocycles. The Bertz CT molecular complexity index is 511. The van der Waals surface area contributed by atoms with Gasteiger partial charge in [-0.15, -0.1) is 24.0 Å². The maximum Gasteiger partial charge on any atom is 0.231 e. The highest BCUT2D eigenvalue weighted by Gasteiger charge is 2.12. The maximum atomic E-state index is 5.39. The lowest BCUT2D eigenvalue weighted by Crippen LogP contribution is -2.40. The van der Waals surface area contributed by atoms with E-state index in [0.29, 0.717) is 13.3 Å². The van der Waals surface area contributed by atoms with Crippen LogP contribution in [0.25, 0.3) is 0 Å². The highest BCUT2D eigenvalue weighted by molar-refractivity contribution is 14.0. The number of benzene rings is 1. The molecule has 7 heteroatoms. The molecule has 0 atom stereocenters. The first-order chi connectivity index (χ1) is 10.7. The Morgan fingerprint density at radius 1 is 1.22 bits per heavy atom. The van der Waals surface area contributed by atoms with Gasteiger partial charge in [-0.05, 0) is 38.2 Å². The molecule has 2 rings (SSSR count). The molecule has 1 aliphatic heterocycles. The van der Waals surface area contributed by atoms with Crippen LogP contribution in [0.4, 0.5) is 0 Å². The van der Waals surface area contributed by atoms with Crippen molar-refractivity contribution in [3.8, 4) is 11.5 Å². The van der Waals surface area contributed by atoms with Gasteiger partial charge in [0.05, 0.1) is 6.54 Å². The second-order valence-electron chi connectivity index (χ2n) is 5.21. The molecular formula is C16H27IN4O2. The van der Waals surface area contributed by atoms with Crippen LogP contribution in [0, 0.1) is 0 Å². The van der Waals surface area contributed by atoms with Crippen LogP contribution >= 0.6 is 24.0 Å².